The third-order valence-electron chi connectivity index (χ3n) is 3.65. The van der Waals surface area contributed by atoms with Gasteiger partial charge in [-0.2, -0.15) is 0 Å². The van der Waals surface area contributed by atoms with E-state index in [1.54, 1.807) is 11.3 Å². The average Bonchev–Trinajstić information content (AvgIpc) is 2.85. The van der Waals surface area contributed by atoms with Crippen molar-refractivity contribution < 1.29 is 4.74 Å². The van der Waals surface area contributed by atoms with Gasteiger partial charge in [-0.25, -0.2) is 4.98 Å². The number of hydrogen-bond acceptors (Lipinski definition) is 4. The summed E-state index contributed by atoms with van der Waals surface area (Å²) in [6.45, 7) is 4.76. The third-order valence-corrected chi connectivity index (χ3v) is 4.84. The fourth-order valence-corrected chi connectivity index (χ4v) is 3.66. The fourth-order valence-electron chi connectivity index (χ4n) is 2.56. The van der Waals surface area contributed by atoms with Crippen molar-refractivity contribution in [2.24, 2.45) is 0 Å². The molecule has 0 atom stereocenters. The molecule has 0 radical (unpaired) electrons. The average molecular weight is 323 g/mol. The molecule has 112 valence electrons. The first-order valence-corrected chi connectivity index (χ1v) is 8.67. The lowest BCUT2D eigenvalue weighted by Crippen LogP contribution is -2.26. The summed E-state index contributed by atoms with van der Waals surface area (Å²) in [6.07, 6.45) is 1.11. The van der Waals surface area contributed by atoms with Crippen molar-refractivity contribution in [3.63, 3.8) is 0 Å². The normalized spacial score (nSPS) is 16.8. The van der Waals surface area contributed by atoms with Crippen molar-refractivity contribution >= 4 is 22.9 Å². The highest BCUT2D eigenvalue weighted by Gasteiger charge is 2.14. The number of ether oxygens (including phenoxy) is 1. The van der Waals surface area contributed by atoms with Crippen LogP contribution in [0.1, 0.15) is 17.7 Å². The van der Waals surface area contributed by atoms with Crippen molar-refractivity contribution in [3.05, 3.63) is 40.9 Å². The molecule has 0 N–H and O–H groups in total. The van der Waals surface area contributed by atoms with E-state index in [-0.39, 0.29) is 0 Å². The van der Waals surface area contributed by atoms with Gasteiger partial charge in [0.2, 0.25) is 0 Å². The summed E-state index contributed by atoms with van der Waals surface area (Å²) < 4.78 is 5.53. The first-order valence-electron chi connectivity index (χ1n) is 7.25. The molecule has 1 aliphatic heterocycles. The van der Waals surface area contributed by atoms with Crippen LogP contribution < -0.4 is 0 Å². The number of thiazole rings is 1. The van der Waals surface area contributed by atoms with Gasteiger partial charge in [-0.15, -0.1) is 22.9 Å². The Balaban J connectivity index is 1.81. The minimum absolute atomic E-state index is 0.474. The van der Waals surface area contributed by atoms with Gasteiger partial charge in [0.1, 0.15) is 5.01 Å². The Morgan fingerprint density at radius 2 is 2.14 bits per heavy atom. The van der Waals surface area contributed by atoms with Crippen molar-refractivity contribution in [2.75, 3.05) is 26.3 Å². The molecule has 3 nitrogen and oxygen atoms in total. The van der Waals surface area contributed by atoms with Crippen LogP contribution in [0.25, 0.3) is 10.6 Å². The number of rotatable bonds is 4. The van der Waals surface area contributed by atoms with Crippen molar-refractivity contribution in [2.45, 2.75) is 18.8 Å². The highest BCUT2D eigenvalue weighted by Crippen LogP contribution is 2.28. The summed E-state index contributed by atoms with van der Waals surface area (Å²) in [5.41, 5.74) is 3.51. The zero-order valence-corrected chi connectivity index (χ0v) is 13.5. The number of hydrogen-bond donors (Lipinski definition) is 0. The summed E-state index contributed by atoms with van der Waals surface area (Å²) in [5.74, 6) is 0.474. The van der Waals surface area contributed by atoms with Crippen LogP contribution in [0.3, 0.4) is 0 Å². The molecule has 21 heavy (non-hydrogen) atoms. The quantitative estimate of drug-likeness (QED) is 0.801. The number of halogens is 1. The number of aromatic nitrogens is 1. The highest BCUT2D eigenvalue weighted by molar-refractivity contribution is 7.13. The standard InChI is InChI=1S/C16H19ClN2OS/c17-10-14-12-21-16(18-14)15-5-2-1-4-13(15)11-19-6-3-8-20-9-7-19/h1-2,4-5,12H,3,6-11H2. The summed E-state index contributed by atoms with van der Waals surface area (Å²) in [6, 6.07) is 8.53. The van der Waals surface area contributed by atoms with Crippen LogP contribution in [0.5, 0.6) is 0 Å². The molecule has 2 heterocycles. The molecule has 5 heteroatoms. The smallest absolute Gasteiger partial charge is 0.123 e. The summed E-state index contributed by atoms with van der Waals surface area (Å²) >= 11 is 7.53. The van der Waals surface area contributed by atoms with E-state index in [1.165, 1.54) is 11.1 Å². The van der Waals surface area contributed by atoms with E-state index in [0.717, 1.165) is 50.0 Å². The predicted molar refractivity (Wildman–Crippen MR) is 87.8 cm³/mol. The molecular formula is C16H19ClN2OS. The molecule has 0 amide bonds. The van der Waals surface area contributed by atoms with Crippen molar-refractivity contribution in [1.82, 2.24) is 9.88 Å². The lowest BCUT2D eigenvalue weighted by Gasteiger charge is -2.20. The molecule has 0 spiro atoms. The largest absolute Gasteiger partial charge is 0.380 e. The summed E-state index contributed by atoms with van der Waals surface area (Å²) in [7, 11) is 0. The minimum Gasteiger partial charge on any atom is -0.380 e. The maximum Gasteiger partial charge on any atom is 0.123 e. The van der Waals surface area contributed by atoms with Gasteiger partial charge in [0.05, 0.1) is 18.2 Å². The van der Waals surface area contributed by atoms with Crippen molar-refractivity contribution in [3.8, 4) is 10.6 Å². The van der Waals surface area contributed by atoms with Gasteiger partial charge < -0.3 is 4.74 Å². The molecule has 1 aromatic heterocycles. The molecule has 0 bridgehead atoms. The van der Waals surface area contributed by atoms with Gasteiger partial charge in [-0.1, -0.05) is 24.3 Å². The second-order valence-corrected chi connectivity index (χ2v) is 6.30. The van der Waals surface area contributed by atoms with Crippen LogP contribution in [0.15, 0.2) is 29.6 Å². The van der Waals surface area contributed by atoms with Gasteiger partial charge >= 0.3 is 0 Å². The van der Waals surface area contributed by atoms with Gasteiger partial charge in [0.25, 0.3) is 0 Å². The molecule has 1 fully saturated rings. The molecule has 1 saturated heterocycles. The van der Waals surface area contributed by atoms with E-state index >= 15 is 0 Å². The molecule has 2 aromatic rings. The van der Waals surface area contributed by atoms with Crippen LogP contribution in [0.2, 0.25) is 0 Å². The Morgan fingerprint density at radius 1 is 1.24 bits per heavy atom. The lowest BCUT2D eigenvalue weighted by atomic mass is 10.1. The van der Waals surface area contributed by atoms with Gasteiger partial charge in [0, 0.05) is 37.2 Å². The van der Waals surface area contributed by atoms with Crippen LogP contribution >= 0.6 is 22.9 Å². The van der Waals surface area contributed by atoms with E-state index in [4.69, 9.17) is 16.3 Å². The minimum atomic E-state index is 0.474. The van der Waals surface area contributed by atoms with Crippen LogP contribution in [0, 0.1) is 0 Å². The van der Waals surface area contributed by atoms with E-state index in [2.05, 4.69) is 34.1 Å². The van der Waals surface area contributed by atoms with E-state index in [1.807, 2.05) is 5.38 Å². The van der Waals surface area contributed by atoms with Crippen LogP contribution in [-0.4, -0.2) is 36.2 Å². The van der Waals surface area contributed by atoms with E-state index < -0.39 is 0 Å². The molecule has 0 unspecified atom stereocenters. The van der Waals surface area contributed by atoms with E-state index in [0.29, 0.717) is 5.88 Å². The summed E-state index contributed by atoms with van der Waals surface area (Å²) in [4.78, 5) is 7.07. The maximum absolute atomic E-state index is 5.86. The zero-order chi connectivity index (χ0) is 14.5. The Kier molecular flexibility index (Phi) is 5.25. The predicted octanol–water partition coefficient (Wildman–Crippen LogP) is 3.77. The van der Waals surface area contributed by atoms with Crippen molar-refractivity contribution in [1.29, 1.82) is 0 Å². The number of alkyl halides is 1. The Labute approximate surface area is 134 Å². The second kappa shape index (κ2) is 7.36. The zero-order valence-electron chi connectivity index (χ0n) is 11.9. The monoisotopic (exact) mass is 322 g/mol. The van der Waals surface area contributed by atoms with Gasteiger partial charge in [-0.3, -0.25) is 4.90 Å². The molecular weight excluding hydrogens is 304 g/mol. The molecule has 0 saturated carbocycles. The maximum atomic E-state index is 5.86. The lowest BCUT2D eigenvalue weighted by molar-refractivity contribution is 0.140. The molecule has 1 aliphatic rings. The fraction of sp³-hybridized carbons (Fsp3) is 0.438. The Bertz CT molecular complexity index is 579. The van der Waals surface area contributed by atoms with E-state index in [9.17, 15) is 0 Å². The topological polar surface area (TPSA) is 25.4 Å². The number of benzene rings is 1. The first-order chi connectivity index (χ1) is 10.4. The summed E-state index contributed by atoms with van der Waals surface area (Å²) in [5, 5.41) is 3.10. The first kappa shape index (κ1) is 15.0. The molecule has 1 aromatic carbocycles. The third kappa shape index (κ3) is 3.83. The Hall–Kier alpha value is -0.940. The van der Waals surface area contributed by atoms with Gasteiger partial charge in [0.15, 0.2) is 0 Å². The SMILES string of the molecule is ClCc1csc(-c2ccccc2CN2CCCOCC2)n1. The van der Waals surface area contributed by atoms with Gasteiger partial charge in [-0.05, 0) is 12.0 Å². The highest BCUT2D eigenvalue weighted by atomic mass is 35.5. The Morgan fingerprint density at radius 3 is 3.00 bits per heavy atom. The number of nitrogens with zero attached hydrogens (tertiary/aromatic N) is 2. The molecule has 0 aliphatic carbocycles. The molecule has 3 rings (SSSR count). The van der Waals surface area contributed by atoms with Crippen LogP contribution in [-0.2, 0) is 17.2 Å². The second-order valence-electron chi connectivity index (χ2n) is 5.18. The van der Waals surface area contributed by atoms with Crippen LogP contribution in [0.4, 0.5) is 0 Å².